The fraction of sp³-hybridized carbons (Fsp3) is 0.576. The van der Waals surface area contributed by atoms with Gasteiger partial charge in [-0.2, -0.15) is 0 Å². The van der Waals surface area contributed by atoms with Gasteiger partial charge in [-0.05, 0) is 73.2 Å². The Balaban J connectivity index is 1.58. The molecular weight excluding hydrogens is 476 g/mol. The molecule has 3 saturated carbocycles. The number of aliphatic hydroxyl groups is 1. The van der Waals surface area contributed by atoms with Crippen LogP contribution in [0, 0.1) is 34.5 Å². The smallest absolute Gasteiger partial charge is 0.204 e. The molecule has 5 heteroatoms. The van der Waals surface area contributed by atoms with Gasteiger partial charge < -0.3 is 24.1 Å². The number of benzene rings is 2. The second-order valence-electron chi connectivity index (χ2n) is 13.1. The van der Waals surface area contributed by atoms with Crippen LogP contribution in [0.25, 0.3) is 5.76 Å². The van der Waals surface area contributed by atoms with Gasteiger partial charge in [0.1, 0.15) is 11.5 Å². The van der Waals surface area contributed by atoms with Gasteiger partial charge in [0.2, 0.25) is 5.75 Å². The summed E-state index contributed by atoms with van der Waals surface area (Å²) in [5.41, 5.74) is 1.61. The largest absolute Gasteiger partial charge is 0.496 e. The highest BCUT2D eigenvalue weighted by Crippen LogP contribution is 2.76. The quantitative estimate of drug-likeness (QED) is 0.458. The number of ether oxygens (including phenoxy) is 4. The molecule has 0 saturated heterocycles. The molecule has 4 aliphatic rings. The maximum absolute atomic E-state index is 11.7. The monoisotopic (exact) mass is 518 g/mol. The van der Waals surface area contributed by atoms with E-state index in [2.05, 4.69) is 45.9 Å². The van der Waals surface area contributed by atoms with Crippen molar-refractivity contribution >= 4 is 5.76 Å². The molecule has 1 N–H and O–H groups in total. The van der Waals surface area contributed by atoms with E-state index < -0.39 is 5.60 Å². The van der Waals surface area contributed by atoms with Gasteiger partial charge >= 0.3 is 0 Å². The minimum absolute atomic E-state index is 0.0252. The van der Waals surface area contributed by atoms with Crippen molar-refractivity contribution in [3.8, 4) is 23.0 Å². The molecule has 3 aliphatic carbocycles. The summed E-state index contributed by atoms with van der Waals surface area (Å²) in [5, 5.41) is 11.7. The summed E-state index contributed by atoms with van der Waals surface area (Å²) >= 11 is 0. The van der Waals surface area contributed by atoms with E-state index in [1.54, 1.807) is 21.3 Å². The van der Waals surface area contributed by atoms with Crippen molar-refractivity contribution in [3.63, 3.8) is 0 Å². The molecule has 1 heterocycles. The Morgan fingerprint density at radius 2 is 1.53 bits per heavy atom. The van der Waals surface area contributed by atoms with Gasteiger partial charge in [-0.3, -0.25) is 0 Å². The van der Waals surface area contributed by atoms with Gasteiger partial charge in [0.25, 0.3) is 0 Å². The van der Waals surface area contributed by atoms with Gasteiger partial charge in [0.05, 0.1) is 26.9 Å². The zero-order valence-corrected chi connectivity index (χ0v) is 23.8. The van der Waals surface area contributed by atoms with E-state index in [1.807, 2.05) is 24.3 Å². The Hall–Kier alpha value is -2.66. The first-order valence-corrected chi connectivity index (χ1v) is 14.1. The average molecular weight is 519 g/mol. The van der Waals surface area contributed by atoms with Gasteiger partial charge in [0.15, 0.2) is 11.5 Å². The van der Waals surface area contributed by atoms with Crippen molar-refractivity contribution in [1.82, 2.24) is 0 Å². The lowest BCUT2D eigenvalue weighted by Crippen LogP contribution is -2.42. The summed E-state index contributed by atoms with van der Waals surface area (Å²) < 4.78 is 24.3. The molecule has 7 atom stereocenters. The summed E-state index contributed by atoms with van der Waals surface area (Å²) in [4.78, 5) is 0. The minimum Gasteiger partial charge on any atom is -0.496 e. The SMILES string of the molecule is COc1cc(OC)c2c(c1OC)OC(c1ccccc1)=C[C@@H]2[C@]1(C)CC[C@H]2[C@H]1[C@@H]1[C@H](CC[C@]2(C)O)C1(C)C. The third kappa shape index (κ3) is 3.53. The standard InChI is InChI=1S/C33H42O5/c1-31(2)20-14-16-33(4,34)21-13-15-32(3,28(21)27(20)31)22-17-23(19-11-9-8-10-12-19)38-30-26(22)24(35-5)18-25(36-6)29(30)37-7/h8-12,17-18,20-22,27-28,34H,13-16H2,1-7H3/t20-,21-,22-,27-,28-,32-,33-/m0/s1. The maximum atomic E-state index is 11.7. The average Bonchev–Trinajstić information content (AvgIpc) is 3.32. The summed E-state index contributed by atoms with van der Waals surface area (Å²) in [6.07, 6.45) is 6.39. The molecule has 2 aromatic carbocycles. The van der Waals surface area contributed by atoms with Crippen LogP contribution in [0.3, 0.4) is 0 Å². The van der Waals surface area contributed by atoms with Crippen molar-refractivity contribution in [3.05, 3.63) is 53.6 Å². The Labute approximate surface area is 227 Å². The van der Waals surface area contributed by atoms with Crippen LogP contribution in [-0.4, -0.2) is 32.0 Å². The molecule has 38 heavy (non-hydrogen) atoms. The summed E-state index contributed by atoms with van der Waals surface area (Å²) in [6.45, 7) is 9.43. The molecule has 6 rings (SSSR count). The van der Waals surface area contributed by atoms with Gasteiger partial charge in [0, 0.05) is 23.1 Å². The van der Waals surface area contributed by atoms with Crippen LogP contribution in [-0.2, 0) is 0 Å². The summed E-state index contributed by atoms with van der Waals surface area (Å²) in [7, 11) is 5.02. The number of methoxy groups -OCH3 is 3. The van der Waals surface area contributed by atoms with Crippen LogP contribution in [0.1, 0.15) is 70.4 Å². The van der Waals surface area contributed by atoms with Crippen LogP contribution in [0.2, 0.25) is 0 Å². The number of fused-ring (bicyclic) bond motifs is 4. The molecule has 0 amide bonds. The van der Waals surface area contributed by atoms with Crippen LogP contribution < -0.4 is 18.9 Å². The molecule has 0 bridgehead atoms. The van der Waals surface area contributed by atoms with E-state index >= 15 is 0 Å². The van der Waals surface area contributed by atoms with E-state index in [0.29, 0.717) is 40.4 Å². The predicted octanol–water partition coefficient (Wildman–Crippen LogP) is 7.08. The second kappa shape index (κ2) is 8.67. The molecule has 1 aliphatic heterocycles. The lowest BCUT2D eigenvalue weighted by Gasteiger charge is -2.45. The Morgan fingerprint density at radius 1 is 0.842 bits per heavy atom. The van der Waals surface area contributed by atoms with E-state index in [9.17, 15) is 5.11 Å². The highest BCUT2D eigenvalue weighted by Gasteiger charge is 2.70. The van der Waals surface area contributed by atoms with Crippen LogP contribution in [0.5, 0.6) is 23.0 Å². The molecule has 0 spiro atoms. The van der Waals surface area contributed by atoms with Crippen LogP contribution in [0.15, 0.2) is 42.5 Å². The fourth-order valence-electron chi connectivity index (χ4n) is 8.85. The summed E-state index contributed by atoms with van der Waals surface area (Å²) in [5.74, 6) is 5.37. The molecular formula is C33H42O5. The normalized spacial score (nSPS) is 36.5. The zero-order chi connectivity index (χ0) is 27.0. The first-order valence-electron chi connectivity index (χ1n) is 14.1. The molecule has 0 unspecified atom stereocenters. The van der Waals surface area contributed by atoms with E-state index in [4.69, 9.17) is 18.9 Å². The van der Waals surface area contributed by atoms with Gasteiger partial charge in [-0.25, -0.2) is 0 Å². The predicted molar refractivity (Wildman–Crippen MR) is 149 cm³/mol. The minimum atomic E-state index is -0.645. The van der Waals surface area contributed by atoms with Crippen LogP contribution in [0.4, 0.5) is 0 Å². The highest BCUT2D eigenvalue weighted by molar-refractivity contribution is 5.74. The number of hydrogen-bond acceptors (Lipinski definition) is 5. The van der Waals surface area contributed by atoms with E-state index in [0.717, 1.165) is 48.3 Å². The molecule has 5 nitrogen and oxygen atoms in total. The number of rotatable bonds is 5. The van der Waals surface area contributed by atoms with E-state index in [-0.39, 0.29) is 17.3 Å². The third-order valence-electron chi connectivity index (χ3n) is 10.9. The summed E-state index contributed by atoms with van der Waals surface area (Å²) in [6, 6.07) is 12.2. The Bertz CT molecular complexity index is 1260. The second-order valence-corrected chi connectivity index (χ2v) is 13.1. The lowest BCUT2D eigenvalue weighted by molar-refractivity contribution is -0.0415. The van der Waals surface area contributed by atoms with Crippen LogP contribution >= 0.6 is 0 Å². The first kappa shape index (κ1) is 25.6. The molecule has 3 fully saturated rings. The Morgan fingerprint density at radius 3 is 2.18 bits per heavy atom. The zero-order valence-electron chi connectivity index (χ0n) is 23.8. The third-order valence-corrected chi connectivity index (χ3v) is 10.9. The Kier molecular flexibility index (Phi) is 5.85. The number of hydrogen-bond donors (Lipinski definition) is 1. The van der Waals surface area contributed by atoms with Crippen molar-refractivity contribution in [2.75, 3.05) is 21.3 Å². The molecule has 0 aromatic heterocycles. The van der Waals surface area contributed by atoms with Crippen molar-refractivity contribution in [2.45, 2.75) is 64.9 Å². The lowest BCUT2D eigenvalue weighted by atomic mass is 9.61. The molecule has 0 radical (unpaired) electrons. The maximum Gasteiger partial charge on any atom is 0.204 e. The van der Waals surface area contributed by atoms with E-state index in [1.165, 1.54) is 0 Å². The van der Waals surface area contributed by atoms with Crippen molar-refractivity contribution in [2.24, 2.45) is 34.5 Å². The molecule has 2 aromatic rings. The highest BCUT2D eigenvalue weighted by atomic mass is 16.5. The fourth-order valence-corrected chi connectivity index (χ4v) is 8.85. The molecule has 204 valence electrons. The first-order chi connectivity index (χ1) is 18.1. The number of allylic oxidation sites excluding steroid dienone is 1. The van der Waals surface area contributed by atoms with Gasteiger partial charge in [-0.1, -0.05) is 51.1 Å². The topological polar surface area (TPSA) is 57.2 Å². The van der Waals surface area contributed by atoms with Gasteiger partial charge in [-0.15, -0.1) is 0 Å². The van der Waals surface area contributed by atoms with Crippen molar-refractivity contribution < 1.29 is 24.1 Å². The van der Waals surface area contributed by atoms with Crippen molar-refractivity contribution in [1.29, 1.82) is 0 Å².